The van der Waals surface area contributed by atoms with Gasteiger partial charge in [-0.2, -0.15) is 0 Å². The van der Waals surface area contributed by atoms with Crippen molar-refractivity contribution < 1.29 is 9.47 Å². The Balaban J connectivity index is 1.66. The molecule has 20 heavy (non-hydrogen) atoms. The van der Waals surface area contributed by atoms with E-state index in [2.05, 4.69) is 0 Å². The predicted octanol–water partition coefficient (Wildman–Crippen LogP) is 4.12. The smallest absolute Gasteiger partial charge is 0.168 e. The van der Waals surface area contributed by atoms with Gasteiger partial charge in [0.25, 0.3) is 0 Å². The van der Waals surface area contributed by atoms with Crippen LogP contribution in [0.4, 0.5) is 0 Å². The Morgan fingerprint density at radius 1 is 0.650 bits per heavy atom. The van der Waals surface area contributed by atoms with Gasteiger partial charge in [0.05, 0.1) is 34.7 Å². The molecular formula is C14H18Cl4O2. The zero-order valence-electron chi connectivity index (χ0n) is 11.1. The first-order valence-corrected chi connectivity index (χ1v) is 9.09. The van der Waals surface area contributed by atoms with E-state index in [0.29, 0.717) is 13.2 Å². The van der Waals surface area contributed by atoms with Gasteiger partial charge in [0, 0.05) is 23.7 Å². The van der Waals surface area contributed by atoms with Crippen LogP contribution in [0.3, 0.4) is 0 Å². The van der Waals surface area contributed by atoms with Gasteiger partial charge in [0.1, 0.15) is 0 Å². The fraction of sp³-hybridized carbons (Fsp3) is 1.00. The number of hydrogen-bond acceptors (Lipinski definition) is 2. The van der Waals surface area contributed by atoms with Gasteiger partial charge in [-0.25, -0.2) is 0 Å². The molecule has 0 bridgehead atoms. The molecule has 0 N–H and O–H groups in total. The number of halogens is 4. The van der Waals surface area contributed by atoms with E-state index in [-0.39, 0.29) is 32.3 Å². The van der Waals surface area contributed by atoms with E-state index in [9.17, 15) is 0 Å². The molecule has 4 atom stereocenters. The summed E-state index contributed by atoms with van der Waals surface area (Å²) in [6.07, 6.45) is 5.42. The molecule has 0 aromatic heterocycles. The lowest BCUT2D eigenvalue weighted by Gasteiger charge is -2.76. The second-order valence-corrected chi connectivity index (χ2v) is 8.62. The third-order valence-corrected chi connectivity index (χ3v) is 8.94. The lowest BCUT2D eigenvalue weighted by atomic mass is 9.37. The van der Waals surface area contributed by atoms with Crippen LogP contribution >= 0.6 is 46.4 Å². The van der Waals surface area contributed by atoms with Crippen LogP contribution in [-0.4, -0.2) is 40.5 Å². The lowest BCUT2D eigenvalue weighted by molar-refractivity contribution is -0.244. The summed E-state index contributed by atoms with van der Waals surface area (Å²) in [7, 11) is 0. The molecule has 2 nitrogen and oxygen atoms in total. The van der Waals surface area contributed by atoms with Gasteiger partial charge in [0.15, 0.2) is 5.79 Å². The highest BCUT2D eigenvalue weighted by molar-refractivity contribution is 6.39. The molecule has 114 valence electrons. The van der Waals surface area contributed by atoms with Crippen molar-refractivity contribution in [3.8, 4) is 0 Å². The van der Waals surface area contributed by atoms with Crippen molar-refractivity contribution in [2.75, 3.05) is 13.2 Å². The molecule has 1 spiro atoms. The molecule has 4 aliphatic rings. The van der Waals surface area contributed by atoms with Crippen molar-refractivity contribution in [3.05, 3.63) is 0 Å². The molecule has 0 radical (unpaired) electrons. The third kappa shape index (κ3) is 1.43. The van der Waals surface area contributed by atoms with Crippen LogP contribution in [-0.2, 0) is 9.47 Å². The Kier molecular flexibility index (Phi) is 3.34. The summed E-state index contributed by atoms with van der Waals surface area (Å²) in [5.41, 5.74) is -0.647. The highest BCUT2D eigenvalue weighted by Gasteiger charge is 2.86. The van der Waals surface area contributed by atoms with E-state index in [1.165, 1.54) is 6.42 Å². The molecule has 1 heterocycles. The molecule has 0 aromatic carbocycles. The van der Waals surface area contributed by atoms with E-state index in [1.54, 1.807) is 0 Å². The van der Waals surface area contributed by atoms with E-state index in [1.807, 2.05) is 0 Å². The van der Waals surface area contributed by atoms with Crippen molar-refractivity contribution >= 4 is 46.4 Å². The fourth-order valence-electron chi connectivity index (χ4n) is 4.69. The number of ether oxygens (including phenoxy) is 2. The molecule has 1 aliphatic heterocycles. The van der Waals surface area contributed by atoms with Crippen molar-refractivity contribution in [2.24, 2.45) is 10.8 Å². The second kappa shape index (κ2) is 4.55. The van der Waals surface area contributed by atoms with Gasteiger partial charge in [0.2, 0.25) is 0 Å². The molecule has 4 rings (SSSR count). The summed E-state index contributed by atoms with van der Waals surface area (Å²) >= 11 is 26.0. The highest BCUT2D eigenvalue weighted by Crippen LogP contribution is 2.77. The second-order valence-electron chi connectivity index (χ2n) is 6.74. The van der Waals surface area contributed by atoms with Crippen LogP contribution in [0.15, 0.2) is 0 Å². The average Bonchev–Trinajstić information content (AvgIpc) is 2.58. The Morgan fingerprint density at radius 3 is 1.45 bits per heavy atom. The van der Waals surface area contributed by atoms with Crippen LogP contribution in [0.5, 0.6) is 0 Å². The van der Waals surface area contributed by atoms with Crippen molar-refractivity contribution in [1.82, 2.24) is 0 Å². The first kappa shape index (κ1) is 14.7. The minimum atomic E-state index is -0.458. The molecule has 0 aromatic rings. The highest BCUT2D eigenvalue weighted by atomic mass is 35.5. The summed E-state index contributed by atoms with van der Waals surface area (Å²) in [4.78, 5) is 0. The van der Waals surface area contributed by atoms with E-state index < -0.39 is 5.79 Å². The Labute approximate surface area is 139 Å². The Hall–Kier alpha value is 1.08. The Morgan fingerprint density at radius 2 is 1.05 bits per heavy atom. The van der Waals surface area contributed by atoms with E-state index >= 15 is 0 Å². The average molecular weight is 360 g/mol. The maximum atomic E-state index is 6.50. The molecule has 3 saturated carbocycles. The first-order chi connectivity index (χ1) is 9.50. The number of hydrogen-bond donors (Lipinski definition) is 0. The van der Waals surface area contributed by atoms with Crippen LogP contribution < -0.4 is 0 Å². The molecule has 6 heteroatoms. The van der Waals surface area contributed by atoms with Crippen LogP contribution in [0.1, 0.15) is 32.1 Å². The van der Waals surface area contributed by atoms with Crippen molar-refractivity contribution in [1.29, 1.82) is 0 Å². The van der Waals surface area contributed by atoms with Gasteiger partial charge in [-0.3, -0.25) is 0 Å². The summed E-state index contributed by atoms with van der Waals surface area (Å²) < 4.78 is 12.4. The van der Waals surface area contributed by atoms with Gasteiger partial charge in [-0.05, 0) is 12.8 Å². The fourth-order valence-corrected chi connectivity index (χ4v) is 7.33. The summed E-state index contributed by atoms with van der Waals surface area (Å²) in [5, 5.41) is -0.763. The standard InChI is InChI=1S/C14H18Cl4O2/c15-8-10(17)14-7-20-12(4-2-1-3-5-12)19-6-13(8,14)9(16)11(14)18/h8-11H,1-7H2. The van der Waals surface area contributed by atoms with Crippen molar-refractivity contribution in [3.63, 3.8) is 0 Å². The molecule has 4 fully saturated rings. The van der Waals surface area contributed by atoms with Gasteiger partial charge in [-0.15, -0.1) is 46.4 Å². The van der Waals surface area contributed by atoms with Crippen molar-refractivity contribution in [2.45, 2.75) is 59.4 Å². The van der Waals surface area contributed by atoms with Gasteiger partial charge >= 0.3 is 0 Å². The Bertz CT molecular complexity index is 375. The minimum absolute atomic E-state index is 0.191. The van der Waals surface area contributed by atoms with Crippen LogP contribution in [0.25, 0.3) is 0 Å². The minimum Gasteiger partial charge on any atom is -0.349 e. The van der Waals surface area contributed by atoms with E-state index in [4.69, 9.17) is 55.9 Å². The molecule has 3 aliphatic carbocycles. The molecule has 1 saturated heterocycles. The zero-order chi connectivity index (χ0) is 14.2. The zero-order valence-corrected chi connectivity index (χ0v) is 14.1. The largest absolute Gasteiger partial charge is 0.349 e. The monoisotopic (exact) mass is 358 g/mol. The van der Waals surface area contributed by atoms with Crippen LogP contribution in [0, 0.1) is 10.8 Å². The SMILES string of the molecule is ClC1C(Cl)C23COC4(CCCCC4)OCC12C(Cl)C3Cl. The number of alkyl halides is 4. The number of rotatable bonds is 0. The summed E-state index contributed by atoms with van der Waals surface area (Å²) in [6.45, 7) is 1.03. The maximum Gasteiger partial charge on any atom is 0.168 e. The third-order valence-electron chi connectivity index (χ3n) is 6.11. The topological polar surface area (TPSA) is 18.5 Å². The normalized spacial score (nSPS) is 57.0. The predicted molar refractivity (Wildman–Crippen MR) is 81.2 cm³/mol. The molecular weight excluding hydrogens is 342 g/mol. The molecule has 4 unspecified atom stereocenters. The van der Waals surface area contributed by atoms with E-state index in [0.717, 1.165) is 25.7 Å². The lowest BCUT2D eigenvalue weighted by Crippen LogP contribution is -2.87. The first-order valence-electron chi connectivity index (χ1n) is 7.34. The van der Waals surface area contributed by atoms with Crippen LogP contribution in [0.2, 0.25) is 0 Å². The summed E-state index contributed by atoms with van der Waals surface area (Å²) in [5.74, 6) is -0.458. The van der Waals surface area contributed by atoms with Gasteiger partial charge in [-0.1, -0.05) is 6.42 Å². The molecule has 0 amide bonds. The quantitative estimate of drug-likeness (QED) is 0.605. The summed E-state index contributed by atoms with van der Waals surface area (Å²) in [6, 6.07) is 0. The van der Waals surface area contributed by atoms with Gasteiger partial charge < -0.3 is 9.47 Å². The maximum absolute atomic E-state index is 6.50.